The first-order valence-corrected chi connectivity index (χ1v) is 4.79. The van der Waals surface area contributed by atoms with E-state index in [4.69, 9.17) is 0 Å². The van der Waals surface area contributed by atoms with Crippen molar-refractivity contribution >= 4 is 18.7 Å². The number of rotatable bonds is 2. The summed E-state index contributed by atoms with van der Waals surface area (Å²) in [5.74, 6) is 0. The number of halogens is 1. The van der Waals surface area contributed by atoms with Gasteiger partial charge in [0.1, 0.15) is 6.29 Å². The quantitative estimate of drug-likeness (QED) is 0.546. The summed E-state index contributed by atoms with van der Waals surface area (Å²) in [4.78, 5) is 10.4. The van der Waals surface area contributed by atoms with Crippen LogP contribution in [0.4, 0.5) is 0 Å². The number of nitrogens with one attached hydrogen (secondary N) is 1. The highest BCUT2D eigenvalue weighted by Gasteiger charge is 2.27. The molecule has 2 atom stereocenters. The Morgan fingerprint density at radius 1 is 1.46 bits per heavy atom. The molecule has 1 unspecified atom stereocenters. The molecule has 0 amide bonds. The van der Waals surface area contributed by atoms with Crippen LogP contribution in [0.2, 0.25) is 0 Å². The van der Waals surface area contributed by atoms with Crippen molar-refractivity contribution < 1.29 is 4.79 Å². The highest BCUT2D eigenvalue weighted by Crippen LogP contribution is 2.26. The van der Waals surface area contributed by atoms with Crippen LogP contribution in [0.5, 0.6) is 0 Å². The standard InChI is InChI=1S/C10H15NO.ClH/c12-7-6-8-2-1-3-9-4-5-10(8)11-9;/h2,7,9-11H,1,3-6H2;1H/t9?,10-;/m1./s1. The molecule has 2 heterocycles. The molecule has 2 rings (SSSR count). The normalized spacial score (nSPS) is 31.5. The zero-order valence-corrected chi connectivity index (χ0v) is 8.48. The zero-order valence-electron chi connectivity index (χ0n) is 7.66. The van der Waals surface area contributed by atoms with Crippen LogP contribution in [0.1, 0.15) is 32.1 Å². The monoisotopic (exact) mass is 201 g/mol. The van der Waals surface area contributed by atoms with Gasteiger partial charge in [0.15, 0.2) is 0 Å². The third kappa shape index (κ3) is 2.32. The average Bonchev–Trinajstić information content (AvgIpc) is 2.41. The summed E-state index contributed by atoms with van der Waals surface area (Å²) < 4.78 is 0. The molecule has 0 radical (unpaired) electrons. The lowest BCUT2D eigenvalue weighted by Gasteiger charge is -2.11. The number of aldehydes is 1. The highest BCUT2D eigenvalue weighted by molar-refractivity contribution is 5.85. The Hall–Kier alpha value is -0.340. The van der Waals surface area contributed by atoms with E-state index in [9.17, 15) is 4.79 Å². The Morgan fingerprint density at radius 2 is 2.31 bits per heavy atom. The summed E-state index contributed by atoms with van der Waals surface area (Å²) in [5, 5.41) is 3.56. The predicted molar refractivity (Wildman–Crippen MR) is 55.2 cm³/mol. The molecule has 74 valence electrons. The molecule has 2 bridgehead atoms. The van der Waals surface area contributed by atoms with Crippen LogP contribution in [0, 0.1) is 0 Å². The number of fused-ring (bicyclic) bond motifs is 2. The summed E-state index contributed by atoms with van der Waals surface area (Å²) in [6.45, 7) is 0. The second-order valence-electron chi connectivity index (χ2n) is 3.72. The van der Waals surface area contributed by atoms with Crippen molar-refractivity contribution in [3.05, 3.63) is 11.6 Å². The summed E-state index contributed by atoms with van der Waals surface area (Å²) in [6, 6.07) is 1.23. The average molecular weight is 202 g/mol. The Balaban J connectivity index is 0.000000845. The van der Waals surface area contributed by atoms with Gasteiger partial charge in [0.25, 0.3) is 0 Å². The number of allylic oxidation sites excluding steroid dienone is 1. The molecule has 2 nitrogen and oxygen atoms in total. The van der Waals surface area contributed by atoms with E-state index in [0.29, 0.717) is 12.5 Å². The van der Waals surface area contributed by atoms with Crippen LogP contribution in [0.25, 0.3) is 0 Å². The van der Waals surface area contributed by atoms with Crippen molar-refractivity contribution in [3.8, 4) is 0 Å². The molecule has 2 aliphatic rings. The van der Waals surface area contributed by atoms with Gasteiger partial charge in [-0.3, -0.25) is 0 Å². The van der Waals surface area contributed by atoms with E-state index in [2.05, 4.69) is 11.4 Å². The molecule has 13 heavy (non-hydrogen) atoms. The van der Waals surface area contributed by atoms with E-state index in [1.807, 2.05) is 0 Å². The van der Waals surface area contributed by atoms with Gasteiger partial charge < -0.3 is 10.1 Å². The van der Waals surface area contributed by atoms with Crippen molar-refractivity contribution in [1.82, 2.24) is 5.32 Å². The third-order valence-electron chi connectivity index (χ3n) is 2.93. The van der Waals surface area contributed by atoms with Crippen LogP contribution in [0.3, 0.4) is 0 Å². The van der Waals surface area contributed by atoms with Gasteiger partial charge in [-0.1, -0.05) is 11.6 Å². The van der Waals surface area contributed by atoms with Gasteiger partial charge in [0.05, 0.1) is 0 Å². The zero-order chi connectivity index (χ0) is 8.39. The van der Waals surface area contributed by atoms with Crippen LogP contribution in [0.15, 0.2) is 11.6 Å². The molecule has 0 saturated carbocycles. The fourth-order valence-electron chi connectivity index (χ4n) is 2.27. The second kappa shape index (κ2) is 4.77. The van der Waals surface area contributed by atoms with E-state index in [0.717, 1.165) is 18.7 Å². The Morgan fingerprint density at radius 3 is 3.08 bits per heavy atom. The van der Waals surface area contributed by atoms with Crippen LogP contribution >= 0.6 is 12.4 Å². The Kier molecular flexibility index (Phi) is 3.94. The van der Waals surface area contributed by atoms with E-state index < -0.39 is 0 Å². The molecule has 1 saturated heterocycles. The lowest BCUT2D eigenvalue weighted by molar-refractivity contribution is -0.107. The molecule has 0 spiro atoms. The van der Waals surface area contributed by atoms with Crippen LogP contribution in [-0.2, 0) is 4.79 Å². The smallest absolute Gasteiger partial charge is 0.124 e. The second-order valence-corrected chi connectivity index (χ2v) is 3.72. The first-order valence-electron chi connectivity index (χ1n) is 4.79. The molecular formula is C10H16ClNO. The lowest BCUT2D eigenvalue weighted by atomic mass is 9.98. The number of carbonyl (C=O) groups is 1. The van der Waals surface area contributed by atoms with Gasteiger partial charge in [0.2, 0.25) is 0 Å². The maximum Gasteiger partial charge on any atom is 0.124 e. The van der Waals surface area contributed by atoms with E-state index in [-0.39, 0.29) is 12.4 Å². The predicted octanol–water partition coefficient (Wildman–Crippen LogP) is 1.84. The van der Waals surface area contributed by atoms with Gasteiger partial charge in [-0.15, -0.1) is 12.4 Å². The minimum atomic E-state index is 0. The van der Waals surface area contributed by atoms with Crippen LogP contribution in [-0.4, -0.2) is 18.4 Å². The molecular weight excluding hydrogens is 186 g/mol. The van der Waals surface area contributed by atoms with Crippen molar-refractivity contribution in [3.63, 3.8) is 0 Å². The summed E-state index contributed by atoms with van der Waals surface area (Å²) in [7, 11) is 0. The third-order valence-corrected chi connectivity index (χ3v) is 2.93. The van der Waals surface area contributed by atoms with E-state index in [1.165, 1.54) is 24.8 Å². The molecule has 1 fully saturated rings. The Bertz CT molecular complexity index is 215. The molecule has 0 aromatic carbocycles. The number of hydrogen-bond acceptors (Lipinski definition) is 2. The SMILES string of the molecule is Cl.O=CCC1=CCCC2CC[C@H]1N2. The fraction of sp³-hybridized carbons (Fsp3) is 0.700. The maximum atomic E-state index is 10.4. The first kappa shape index (κ1) is 10.7. The molecule has 2 aliphatic heterocycles. The van der Waals surface area contributed by atoms with E-state index >= 15 is 0 Å². The number of hydrogen-bond donors (Lipinski definition) is 1. The fourth-order valence-corrected chi connectivity index (χ4v) is 2.27. The van der Waals surface area contributed by atoms with Crippen molar-refractivity contribution in [1.29, 1.82) is 0 Å². The lowest BCUT2D eigenvalue weighted by Crippen LogP contribution is -2.29. The van der Waals surface area contributed by atoms with Gasteiger partial charge in [0, 0.05) is 18.5 Å². The van der Waals surface area contributed by atoms with Gasteiger partial charge in [-0.25, -0.2) is 0 Å². The van der Waals surface area contributed by atoms with Gasteiger partial charge in [-0.2, -0.15) is 0 Å². The highest BCUT2D eigenvalue weighted by atomic mass is 35.5. The van der Waals surface area contributed by atoms with Gasteiger partial charge in [-0.05, 0) is 25.7 Å². The first-order chi connectivity index (χ1) is 5.90. The Labute approximate surface area is 85.2 Å². The van der Waals surface area contributed by atoms with Crippen LogP contribution < -0.4 is 5.32 Å². The maximum absolute atomic E-state index is 10.4. The largest absolute Gasteiger partial charge is 0.307 e. The summed E-state index contributed by atoms with van der Waals surface area (Å²) in [6.07, 6.45) is 8.82. The minimum Gasteiger partial charge on any atom is -0.307 e. The molecule has 3 heteroatoms. The molecule has 0 aromatic heterocycles. The van der Waals surface area contributed by atoms with Crippen molar-refractivity contribution in [2.24, 2.45) is 0 Å². The van der Waals surface area contributed by atoms with Gasteiger partial charge >= 0.3 is 0 Å². The number of carbonyl (C=O) groups excluding carboxylic acids is 1. The van der Waals surface area contributed by atoms with E-state index in [1.54, 1.807) is 0 Å². The summed E-state index contributed by atoms with van der Waals surface area (Å²) >= 11 is 0. The molecule has 0 aromatic rings. The molecule has 1 N–H and O–H groups in total. The van der Waals surface area contributed by atoms with Crippen molar-refractivity contribution in [2.45, 2.75) is 44.2 Å². The minimum absolute atomic E-state index is 0. The topological polar surface area (TPSA) is 29.1 Å². The van der Waals surface area contributed by atoms with Crippen molar-refractivity contribution in [2.75, 3.05) is 0 Å². The molecule has 0 aliphatic carbocycles. The summed E-state index contributed by atoms with van der Waals surface area (Å²) in [5.41, 5.74) is 1.32.